The topological polar surface area (TPSA) is 130 Å². The molecule has 0 spiro atoms. The maximum absolute atomic E-state index is 12.2. The quantitative estimate of drug-likeness (QED) is 0.692. The van der Waals surface area contributed by atoms with Crippen LogP contribution in [0.5, 0.6) is 0 Å². The molecule has 2 heterocycles. The van der Waals surface area contributed by atoms with Crippen LogP contribution in [0.25, 0.3) is 10.2 Å². The van der Waals surface area contributed by atoms with Gasteiger partial charge in [-0.05, 0) is 33.3 Å². The third-order valence-corrected chi connectivity index (χ3v) is 4.28. The fraction of sp³-hybridized carbons (Fsp3) is 0.400. The van der Waals surface area contributed by atoms with Crippen LogP contribution in [0.4, 0.5) is 4.79 Å². The Morgan fingerprint density at radius 2 is 1.96 bits per heavy atom. The van der Waals surface area contributed by atoms with Crippen molar-refractivity contribution >= 4 is 39.5 Å². The lowest BCUT2D eigenvalue weighted by atomic mass is 10.2. The minimum absolute atomic E-state index is 0.134. The molecule has 2 aromatic heterocycles. The Morgan fingerprint density at radius 3 is 2.60 bits per heavy atom. The summed E-state index contributed by atoms with van der Waals surface area (Å²) in [5, 5.41) is 4.84. The number of H-pyrrole nitrogens is 1. The van der Waals surface area contributed by atoms with Gasteiger partial charge < -0.3 is 15.0 Å². The third kappa shape index (κ3) is 4.41. The van der Waals surface area contributed by atoms with Gasteiger partial charge in [-0.25, -0.2) is 14.6 Å². The first-order valence-electron chi connectivity index (χ1n) is 7.46. The molecule has 9 nitrogen and oxygen atoms in total. The van der Waals surface area contributed by atoms with Crippen molar-refractivity contribution in [3.63, 3.8) is 0 Å². The van der Waals surface area contributed by atoms with E-state index in [9.17, 15) is 19.2 Å². The van der Waals surface area contributed by atoms with Crippen LogP contribution in [0.15, 0.2) is 4.79 Å². The molecule has 0 atom stereocenters. The van der Waals surface area contributed by atoms with Crippen LogP contribution in [0.2, 0.25) is 0 Å². The Kier molecular flexibility index (Phi) is 5.52. The summed E-state index contributed by atoms with van der Waals surface area (Å²) in [6.45, 7) is 6.12. The molecule has 0 saturated heterocycles. The predicted molar refractivity (Wildman–Crippen MR) is 91.8 cm³/mol. The number of fused-ring (bicyclic) bond motifs is 1. The third-order valence-electron chi connectivity index (χ3n) is 3.11. The molecule has 0 unspecified atom stereocenters. The average molecular weight is 366 g/mol. The van der Waals surface area contributed by atoms with Gasteiger partial charge in [0.25, 0.3) is 11.5 Å². The Balaban J connectivity index is 2.07. The van der Waals surface area contributed by atoms with Crippen molar-refractivity contribution in [2.24, 2.45) is 0 Å². The summed E-state index contributed by atoms with van der Waals surface area (Å²) in [4.78, 5) is 54.5. The summed E-state index contributed by atoms with van der Waals surface area (Å²) in [5.41, 5.74) is 0.107. The first-order valence-corrected chi connectivity index (χ1v) is 8.28. The highest BCUT2D eigenvalue weighted by atomic mass is 32.1. The number of aromatic amines is 1. The maximum Gasteiger partial charge on any atom is 0.349 e. The van der Waals surface area contributed by atoms with E-state index in [2.05, 4.69) is 15.3 Å². The number of esters is 1. The highest BCUT2D eigenvalue weighted by Gasteiger charge is 2.21. The maximum atomic E-state index is 12.2. The molecular formula is C15H18N4O5S. The molecule has 3 N–H and O–H groups in total. The first kappa shape index (κ1) is 18.6. The van der Waals surface area contributed by atoms with Gasteiger partial charge >= 0.3 is 12.0 Å². The number of thiophene rings is 1. The molecule has 0 radical (unpaired) electrons. The van der Waals surface area contributed by atoms with Crippen molar-refractivity contribution < 1.29 is 19.1 Å². The minimum Gasteiger partial charge on any atom is -0.451 e. The molecule has 3 amide bonds. The SMILES string of the molecule is Cc1nc2sc(C(=O)OCC(=O)NC(=O)NC(C)C)c(C)c2c(=O)[nH]1. The van der Waals surface area contributed by atoms with Crippen LogP contribution in [0, 0.1) is 13.8 Å². The molecule has 2 rings (SSSR count). The van der Waals surface area contributed by atoms with E-state index in [1.54, 1.807) is 27.7 Å². The largest absolute Gasteiger partial charge is 0.451 e. The Bertz CT molecular complexity index is 899. The number of nitrogens with one attached hydrogen (secondary N) is 3. The van der Waals surface area contributed by atoms with Crippen LogP contribution in [0.1, 0.15) is 34.9 Å². The van der Waals surface area contributed by atoms with Crippen LogP contribution < -0.4 is 16.2 Å². The van der Waals surface area contributed by atoms with Gasteiger partial charge in [-0.2, -0.15) is 0 Å². The first-order chi connectivity index (χ1) is 11.7. The summed E-state index contributed by atoms with van der Waals surface area (Å²) in [5.74, 6) is -1.07. The Labute approximate surface area is 146 Å². The summed E-state index contributed by atoms with van der Waals surface area (Å²) in [6, 6.07) is -0.800. The number of carbonyl (C=O) groups is 3. The fourth-order valence-corrected chi connectivity index (χ4v) is 3.22. The van der Waals surface area contributed by atoms with Gasteiger partial charge in [0, 0.05) is 6.04 Å². The summed E-state index contributed by atoms with van der Waals surface area (Å²) < 4.78 is 4.92. The zero-order chi connectivity index (χ0) is 18.7. The van der Waals surface area contributed by atoms with E-state index in [0.717, 1.165) is 11.3 Å². The van der Waals surface area contributed by atoms with E-state index in [-0.39, 0.29) is 16.5 Å². The number of hydrogen-bond donors (Lipinski definition) is 3. The molecule has 25 heavy (non-hydrogen) atoms. The van der Waals surface area contributed by atoms with E-state index in [1.807, 2.05) is 5.32 Å². The van der Waals surface area contributed by atoms with Gasteiger partial charge in [0.05, 0.1) is 5.39 Å². The van der Waals surface area contributed by atoms with Gasteiger partial charge in [0.15, 0.2) is 6.61 Å². The van der Waals surface area contributed by atoms with Crippen molar-refractivity contribution in [3.8, 4) is 0 Å². The molecule has 0 fully saturated rings. The highest BCUT2D eigenvalue weighted by molar-refractivity contribution is 7.20. The number of aryl methyl sites for hydroxylation is 2. The number of urea groups is 1. The van der Waals surface area contributed by atoms with Gasteiger partial charge in [-0.1, -0.05) is 0 Å². The Morgan fingerprint density at radius 1 is 1.28 bits per heavy atom. The minimum atomic E-state index is -0.753. The number of imide groups is 1. The molecule has 0 aliphatic rings. The predicted octanol–water partition coefficient (Wildman–Crippen LogP) is 0.992. The number of carbonyl (C=O) groups excluding carboxylic acids is 3. The molecule has 0 saturated carbocycles. The van der Waals surface area contributed by atoms with Crippen molar-refractivity contribution in [2.45, 2.75) is 33.7 Å². The van der Waals surface area contributed by atoms with E-state index >= 15 is 0 Å². The fourth-order valence-electron chi connectivity index (χ4n) is 2.10. The van der Waals surface area contributed by atoms with Crippen LogP contribution >= 0.6 is 11.3 Å². The normalized spacial score (nSPS) is 10.8. The molecule has 0 aliphatic carbocycles. The lowest BCUT2D eigenvalue weighted by molar-refractivity contribution is -0.123. The second kappa shape index (κ2) is 7.43. The van der Waals surface area contributed by atoms with Crippen LogP contribution in [-0.2, 0) is 9.53 Å². The second-order valence-electron chi connectivity index (χ2n) is 5.64. The van der Waals surface area contributed by atoms with Crippen molar-refractivity contribution in [1.82, 2.24) is 20.6 Å². The van der Waals surface area contributed by atoms with Crippen LogP contribution in [0.3, 0.4) is 0 Å². The second-order valence-corrected chi connectivity index (χ2v) is 6.64. The number of amides is 3. The van der Waals surface area contributed by atoms with Crippen molar-refractivity contribution in [3.05, 3.63) is 26.6 Å². The standard InChI is InChI=1S/C15H18N4O5S/c1-6(2)16-15(23)19-9(20)5-24-14(22)11-7(3)10-12(21)17-8(4)18-13(10)25-11/h6H,5H2,1-4H3,(H,17,18,21)(H2,16,19,20,23). The monoisotopic (exact) mass is 366 g/mol. The average Bonchev–Trinajstić information content (AvgIpc) is 2.80. The van der Waals surface area contributed by atoms with Crippen molar-refractivity contribution in [2.75, 3.05) is 6.61 Å². The van der Waals surface area contributed by atoms with E-state index in [1.165, 1.54) is 0 Å². The zero-order valence-electron chi connectivity index (χ0n) is 14.2. The number of ether oxygens (including phenoxy) is 1. The van der Waals surface area contributed by atoms with E-state index in [4.69, 9.17) is 4.74 Å². The van der Waals surface area contributed by atoms with Gasteiger partial charge in [-0.15, -0.1) is 11.3 Å². The molecule has 134 valence electrons. The Hall–Kier alpha value is -2.75. The molecule has 0 aliphatic heterocycles. The van der Waals surface area contributed by atoms with Crippen LogP contribution in [-0.4, -0.2) is 40.5 Å². The molecule has 0 bridgehead atoms. The number of nitrogens with zero attached hydrogens (tertiary/aromatic N) is 1. The van der Waals surface area contributed by atoms with E-state index < -0.39 is 24.5 Å². The number of rotatable bonds is 4. The number of hydrogen-bond acceptors (Lipinski definition) is 7. The summed E-state index contributed by atoms with van der Waals surface area (Å²) in [7, 11) is 0. The lowest BCUT2D eigenvalue weighted by Gasteiger charge is -2.09. The summed E-state index contributed by atoms with van der Waals surface area (Å²) >= 11 is 1.02. The van der Waals surface area contributed by atoms with Gasteiger partial charge in [0.2, 0.25) is 0 Å². The molecule has 0 aromatic carbocycles. The lowest BCUT2D eigenvalue weighted by Crippen LogP contribution is -2.44. The highest BCUT2D eigenvalue weighted by Crippen LogP contribution is 2.27. The summed E-state index contributed by atoms with van der Waals surface area (Å²) in [6.07, 6.45) is 0. The van der Waals surface area contributed by atoms with E-state index in [0.29, 0.717) is 21.6 Å². The molecule has 10 heteroatoms. The number of aromatic nitrogens is 2. The zero-order valence-corrected chi connectivity index (χ0v) is 15.0. The molecular weight excluding hydrogens is 348 g/mol. The smallest absolute Gasteiger partial charge is 0.349 e. The van der Waals surface area contributed by atoms with Crippen molar-refractivity contribution in [1.29, 1.82) is 0 Å². The molecule has 2 aromatic rings. The van der Waals surface area contributed by atoms with Gasteiger partial charge in [-0.3, -0.25) is 14.9 Å². The van der Waals surface area contributed by atoms with Gasteiger partial charge in [0.1, 0.15) is 15.5 Å².